The monoisotopic (exact) mass is 463 g/mol. The molecule has 3 aromatic heterocycles. The molecule has 4 aromatic rings. The van der Waals surface area contributed by atoms with Crippen LogP contribution in [0.3, 0.4) is 0 Å². The van der Waals surface area contributed by atoms with E-state index in [9.17, 15) is 4.79 Å². The zero-order valence-corrected chi connectivity index (χ0v) is 19.2. The van der Waals surface area contributed by atoms with Gasteiger partial charge in [0.2, 0.25) is 0 Å². The number of thioether (sulfide) groups is 1. The third-order valence-corrected chi connectivity index (χ3v) is 6.23. The number of oxazole rings is 1. The lowest BCUT2D eigenvalue weighted by Gasteiger charge is -2.17. The Labute approximate surface area is 195 Å². The van der Waals surface area contributed by atoms with Gasteiger partial charge in [0.15, 0.2) is 16.6 Å². The number of nitrogens with zero attached hydrogens (tertiary/aromatic N) is 6. The average molecular weight is 464 g/mol. The van der Waals surface area contributed by atoms with Crippen molar-refractivity contribution >= 4 is 34.5 Å². The van der Waals surface area contributed by atoms with Gasteiger partial charge in [0.25, 0.3) is 5.89 Å². The number of anilines is 1. The van der Waals surface area contributed by atoms with Crippen LogP contribution in [0.5, 0.6) is 0 Å². The molecule has 4 heterocycles. The van der Waals surface area contributed by atoms with E-state index in [2.05, 4.69) is 27.2 Å². The second-order valence-corrected chi connectivity index (χ2v) is 8.94. The van der Waals surface area contributed by atoms with Crippen molar-refractivity contribution in [3.8, 4) is 11.3 Å². The van der Waals surface area contributed by atoms with Crippen LogP contribution in [-0.4, -0.2) is 56.0 Å². The van der Waals surface area contributed by atoms with Gasteiger partial charge in [-0.1, -0.05) is 49.0 Å². The lowest BCUT2D eigenvalue weighted by Crippen LogP contribution is -2.27. The molecule has 0 unspecified atom stereocenters. The predicted octanol–water partition coefficient (Wildman–Crippen LogP) is 3.62. The third kappa shape index (κ3) is 4.56. The molecular weight excluding hydrogens is 438 g/mol. The molecular formula is C23H25N7O2S. The van der Waals surface area contributed by atoms with Crippen LogP contribution >= 0.6 is 11.8 Å². The Morgan fingerprint density at radius 1 is 1.15 bits per heavy atom. The molecule has 1 fully saturated rings. The van der Waals surface area contributed by atoms with E-state index in [4.69, 9.17) is 14.4 Å². The number of aromatic nitrogens is 5. The van der Waals surface area contributed by atoms with Crippen molar-refractivity contribution in [3.63, 3.8) is 0 Å². The first-order valence-electron chi connectivity index (χ1n) is 11.1. The molecule has 0 bridgehead atoms. The summed E-state index contributed by atoms with van der Waals surface area (Å²) in [5.41, 5.74) is 1.67. The SMILES string of the molecule is CCSc1nc(N2CCCC2)c2cnn(CCNC(=O)c3ncc(-c4ccccc4)o3)c2n1. The number of rotatable bonds is 8. The Kier molecular flexibility index (Phi) is 6.25. The summed E-state index contributed by atoms with van der Waals surface area (Å²) in [4.78, 5) is 28.5. The molecule has 9 nitrogen and oxygen atoms in total. The normalized spacial score (nSPS) is 13.7. The molecule has 33 heavy (non-hydrogen) atoms. The number of carbonyl (C=O) groups is 1. The molecule has 5 rings (SSSR count). The number of carbonyl (C=O) groups excluding carboxylic acids is 1. The van der Waals surface area contributed by atoms with E-state index in [0.29, 0.717) is 18.8 Å². The summed E-state index contributed by atoms with van der Waals surface area (Å²) in [6.45, 7) is 4.95. The summed E-state index contributed by atoms with van der Waals surface area (Å²) in [5.74, 6) is 2.10. The number of benzene rings is 1. The fourth-order valence-electron chi connectivity index (χ4n) is 3.91. The van der Waals surface area contributed by atoms with Gasteiger partial charge in [0.05, 0.1) is 24.3 Å². The number of fused-ring (bicyclic) bond motifs is 1. The molecule has 0 saturated carbocycles. The van der Waals surface area contributed by atoms with Crippen LogP contribution in [0.15, 0.2) is 52.3 Å². The summed E-state index contributed by atoms with van der Waals surface area (Å²) < 4.78 is 7.45. The molecule has 0 aliphatic carbocycles. The van der Waals surface area contributed by atoms with Gasteiger partial charge in [0.1, 0.15) is 5.82 Å². The molecule has 1 saturated heterocycles. The van der Waals surface area contributed by atoms with Crippen LogP contribution in [0.25, 0.3) is 22.4 Å². The van der Waals surface area contributed by atoms with Crippen molar-refractivity contribution in [3.05, 3.63) is 48.6 Å². The Morgan fingerprint density at radius 3 is 2.76 bits per heavy atom. The van der Waals surface area contributed by atoms with Crippen molar-refractivity contribution in [2.45, 2.75) is 31.5 Å². The topological polar surface area (TPSA) is 102 Å². The quantitative estimate of drug-likeness (QED) is 0.312. The van der Waals surface area contributed by atoms with Gasteiger partial charge in [0, 0.05) is 25.2 Å². The number of hydrogen-bond donors (Lipinski definition) is 1. The molecule has 1 aliphatic rings. The van der Waals surface area contributed by atoms with Crippen molar-refractivity contribution in [2.75, 3.05) is 30.3 Å². The summed E-state index contributed by atoms with van der Waals surface area (Å²) in [6.07, 6.45) is 5.74. The summed E-state index contributed by atoms with van der Waals surface area (Å²) >= 11 is 1.62. The van der Waals surface area contributed by atoms with Crippen molar-refractivity contribution in [2.24, 2.45) is 0 Å². The predicted molar refractivity (Wildman–Crippen MR) is 127 cm³/mol. The minimum absolute atomic E-state index is 0.0412. The van der Waals surface area contributed by atoms with E-state index in [1.165, 1.54) is 12.8 Å². The second kappa shape index (κ2) is 9.62. The van der Waals surface area contributed by atoms with Gasteiger partial charge < -0.3 is 14.6 Å². The molecule has 1 aromatic carbocycles. The molecule has 1 aliphatic heterocycles. The van der Waals surface area contributed by atoms with Crippen LogP contribution < -0.4 is 10.2 Å². The van der Waals surface area contributed by atoms with Gasteiger partial charge in [-0.3, -0.25) is 4.79 Å². The molecule has 170 valence electrons. The van der Waals surface area contributed by atoms with Gasteiger partial charge in [-0.05, 0) is 18.6 Å². The fraction of sp³-hybridized carbons (Fsp3) is 0.348. The van der Waals surface area contributed by atoms with Gasteiger partial charge in [-0.25, -0.2) is 19.6 Å². The largest absolute Gasteiger partial charge is 0.432 e. The van der Waals surface area contributed by atoms with E-state index in [1.807, 2.05) is 41.2 Å². The van der Waals surface area contributed by atoms with Crippen LogP contribution in [0.2, 0.25) is 0 Å². The first-order valence-corrected chi connectivity index (χ1v) is 12.1. The summed E-state index contributed by atoms with van der Waals surface area (Å²) in [6, 6.07) is 9.57. The average Bonchev–Trinajstić information content (AvgIpc) is 3.61. The number of amides is 1. The van der Waals surface area contributed by atoms with E-state index in [1.54, 1.807) is 18.0 Å². The van der Waals surface area contributed by atoms with Crippen molar-refractivity contribution in [1.29, 1.82) is 0 Å². The lowest BCUT2D eigenvalue weighted by molar-refractivity contribution is 0.0918. The van der Waals surface area contributed by atoms with E-state index in [0.717, 1.165) is 46.4 Å². The summed E-state index contributed by atoms with van der Waals surface area (Å²) in [5, 5.41) is 9.09. The first kappa shape index (κ1) is 21.4. The maximum atomic E-state index is 12.5. The van der Waals surface area contributed by atoms with Gasteiger partial charge in [-0.2, -0.15) is 5.10 Å². The second-order valence-electron chi connectivity index (χ2n) is 7.71. The number of nitrogens with one attached hydrogen (secondary N) is 1. The highest BCUT2D eigenvalue weighted by molar-refractivity contribution is 7.99. The summed E-state index contributed by atoms with van der Waals surface area (Å²) in [7, 11) is 0. The highest BCUT2D eigenvalue weighted by atomic mass is 32.2. The molecule has 0 spiro atoms. The first-order chi connectivity index (χ1) is 16.2. The maximum absolute atomic E-state index is 12.5. The van der Waals surface area contributed by atoms with Crippen LogP contribution in [0.4, 0.5) is 5.82 Å². The molecule has 10 heteroatoms. The molecule has 1 amide bonds. The van der Waals surface area contributed by atoms with E-state index >= 15 is 0 Å². The van der Waals surface area contributed by atoms with Crippen LogP contribution in [0.1, 0.15) is 30.5 Å². The zero-order valence-electron chi connectivity index (χ0n) is 18.4. The number of hydrogen-bond acceptors (Lipinski definition) is 8. The van der Waals surface area contributed by atoms with E-state index in [-0.39, 0.29) is 11.8 Å². The zero-order chi connectivity index (χ0) is 22.6. The minimum atomic E-state index is -0.358. The van der Waals surface area contributed by atoms with Gasteiger partial charge in [-0.15, -0.1) is 0 Å². The van der Waals surface area contributed by atoms with Crippen LogP contribution in [0, 0.1) is 0 Å². The lowest BCUT2D eigenvalue weighted by atomic mass is 10.2. The Balaban J connectivity index is 1.29. The molecule has 0 radical (unpaired) electrons. The van der Waals surface area contributed by atoms with Gasteiger partial charge >= 0.3 is 5.91 Å². The molecule has 0 atom stereocenters. The Bertz CT molecular complexity index is 1250. The van der Waals surface area contributed by atoms with E-state index < -0.39 is 0 Å². The fourth-order valence-corrected chi connectivity index (χ4v) is 4.47. The minimum Gasteiger partial charge on any atom is -0.432 e. The highest BCUT2D eigenvalue weighted by Gasteiger charge is 2.21. The Morgan fingerprint density at radius 2 is 1.97 bits per heavy atom. The maximum Gasteiger partial charge on any atom is 0.307 e. The standard InChI is InChI=1S/C23H25N7O2S/c1-2-33-23-27-19(29-11-6-7-12-29)17-14-26-30(20(17)28-23)13-10-24-21(31)22-25-15-18(32-22)16-8-4-3-5-9-16/h3-5,8-9,14-15H,2,6-7,10-13H2,1H3,(H,24,31). The molecule has 1 N–H and O–H groups in total. The van der Waals surface area contributed by atoms with Crippen molar-refractivity contribution in [1.82, 2.24) is 30.0 Å². The smallest absolute Gasteiger partial charge is 0.307 e. The highest BCUT2D eigenvalue weighted by Crippen LogP contribution is 2.29. The Hall–Kier alpha value is -3.40. The van der Waals surface area contributed by atoms with Crippen LogP contribution in [-0.2, 0) is 6.54 Å². The van der Waals surface area contributed by atoms with Crippen molar-refractivity contribution < 1.29 is 9.21 Å². The third-order valence-electron chi connectivity index (χ3n) is 5.50.